The summed E-state index contributed by atoms with van der Waals surface area (Å²) < 4.78 is 20.8. The van der Waals surface area contributed by atoms with E-state index in [2.05, 4.69) is 0 Å². The van der Waals surface area contributed by atoms with Crippen molar-refractivity contribution < 1.29 is 13.2 Å². The second-order valence-electron chi connectivity index (χ2n) is 1.51. The van der Waals surface area contributed by atoms with Crippen LogP contribution in [-0.2, 0) is 15.7 Å². The predicted octanol–water partition coefficient (Wildman–Crippen LogP) is -0.619. The van der Waals surface area contributed by atoms with Gasteiger partial charge in [-0.25, -0.2) is 12.7 Å². The Morgan fingerprint density at radius 2 is 2.00 bits per heavy atom. The zero-order valence-corrected chi connectivity index (χ0v) is 6.22. The Labute approximate surface area is 55.5 Å². The first kappa shape index (κ1) is 8.42. The van der Waals surface area contributed by atoms with Crippen molar-refractivity contribution >= 4 is 16.8 Å². The number of rotatable bonds is 2. The van der Waals surface area contributed by atoms with Crippen LogP contribution in [0, 0.1) is 0 Å². The molecular weight excluding hydrogens is 142 g/mol. The number of carbonyl (C=O) groups is 1. The molecule has 0 aliphatic rings. The number of hydrogen-bond acceptors (Lipinski definition) is 3. The molecule has 0 aliphatic carbocycles. The van der Waals surface area contributed by atoms with Crippen molar-refractivity contribution in [2.75, 3.05) is 7.05 Å². The number of hydrogen-bond donors (Lipinski definition) is 1. The average molecular weight is 151 g/mol. The van der Waals surface area contributed by atoms with Crippen molar-refractivity contribution in [2.24, 2.45) is 0 Å². The van der Waals surface area contributed by atoms with E-state index in [9.17, 15) is 13.2 Å². The van der Waals surface area contributed by atoms with Crippen LogP contribution in [0.5, 0.6) is 0 Å². The molecule has 0 spiro atoms. The molecular formula is C4H9NO3S. The van der Waals surface area contributed by atoms with Gasteiger partial charge >= 0.3 is 0 Å². The lowest BCUT2D eigenvalue weighted by molar-refractivity contribution is -0.125. The first-order chi connectivity index (χ1) is 4.09. The molecule has 0 aromatic carbocycles. The molecule has 0 bridgehead atoms. The van der Waals surface area contributed by atoms with Crippen molar-refractivity contribution in [3.63, 3.8) is 0 Å². The van der Waals surface area contributed by atoms with Crippen molar-refractivity contribution in [3.8, 4) is 0 Å². The Hall–Kier alpha value is -0.580. The average Bonchev–Trinajstić information content (AvgIpc) is 1.84. The summed E-state index contributed by atoms with van der Waals surface area (Å²) in [5, 5.41) is 0. The van der Waals surface area contributed by atoms with Crippen LogP contribution >= 0.6 is 0 Å². The van der Waals surface area contributed by atoms with Gasteiger partial charge in [0, 0.05) is 13.5 Å². The minimum Gasteiger partial charge on any atom is -0.274 e. The van der Waals surface area contributed by atoms with Gasteiger partial charge < -0.3 is 0 Å². The quantitative estimate of drug-likeness (QED) is 0.535. The number of carbonyl (C=O) groups excluding carboxylic acids is 1. The van der Waals surface area contributed by atoms with Crippen LogP contribution < -0.4 is 0 Å². The van der Waals surface area contributed by atoms with Gasteiger partial charge in [0.25, 0.3) is 0 Å². The summed E-state index contributed by atoms with van der Waals surface area (Å²) in [6.45, 7) is 1.61. The lowest BCUT2D eigenvalue weighted by Crippen LogP contribution is -2.23. The van der Waals surface area contributed by atoms with Crippen LogP contribution in [0.3, 0.4) is 0 Å². The molecule has 0 aromatic rings. The molecule has 0 aliphatic heterocycles. The van der Waals surface area contributed by atoms with E-state index >= 15 is 0 Å². The zero-order valence-electron chi connectivity index (χ0n) is 5.33. The van der Waals surface area contributed by atoms with Crippen molar-refractivity contribution in [1.82, 2.24) is 4.31 Å². The highest BCUT2D eigenvalue weighted by atomic mass is 32.2. The van der Waals surface area contributed by atoms with Crippen LogP contribution in [-0.4, -0.2) is 25.7 Å². The first-order valence-corrected chi connectivity index (χ1v) is 3.63. The highest BCUT2D eigenvalue weighted by Gasteiger charge is 2.05. The zero-order chi connectivity index (χ0) is 7.44. The molecule has 0 fully saturated rings. The highest BCUT2D eigenvalue weighted by molar-refractivity contribution is 7.70. The van der Waals surface area contributed by atoms with Gasteiger partial charge in [-0.2, -0.15) is 0 Å². The molecule has 9 heavy (non-hydrogen) atoms. The van der Waals surface area contributed by atoms with E-state index in [1.807, 2.05) is 0 Å². The summed E-state index contributed by atoms with van der Waals surface area (Å²) in [4.78, 5) is 10.5. The Balaban J connectivity index is 4.04. The van der Waals surface area contributed by atoms with Gasteiger partial charge in [-0.15, -0.1) is 0 Å². The van der Waals surface area contributed by atoms with Crippen molar-refractivity contribution in [2.45, 2.75) is 13.3 Å². The van der Waals surface area contributed by atoms with Crippen LogP contribution in [0.4, 0.5) is 0 Å². The molecule has 0 aromatic heterocycles. The molecule has 0 rings (SSSR count). The monoisotopic (exact) mass is 151 g/mol. The molecule has 1 amide bonds. The summed E-state index contributed by atoms with van der Waals surface area (Å²) in [7, 11) is -1.49. The largest absolute Gasteiger partial charge is 0.274 e. The minimum atomic E-state index is -2.72. The molecule has 5 heteroatoms. The molecule has 0 heterocycles. The van der Waals surface area contributed by atoms with Crippen LogP contribution in [0.2, 0.25) is 0 Å². The normalized spacial score (nSPS) is 9.67. The van der Waals surface area contributed by atoms with Crippen LogP contribution in [0.15, 0.2) is 0 Å². The third-order valence-electron chi connectivity index (χ3n) is 0.908. The van der Waals surface area contributed by atoms with E-state index in [4.69, 9.17) is 0 Å². The van der Waals surface area contributed by atoms with Gasteiger partial charge in [-0.1, -0.05) is 6.92 Å². The number of nitrogens with zero attached hydrogens (tertiary/aromatic N) is 1. The second-order valence-corrected chi connectivity index (χ2v) is 2.58. The minimum absolute atomic E-state index is 0.222. The van der Waals surface area contributed by atoms with Crippen molar-refractivity contribution in [3.05, 3.63) is 0 Å². The maximum absolute atomic E-state index is 10.5. The maximum atomic E-state index is 10.5. The Morgan fingerprint density at radius 1 is 1.56 bits per heavy atom. The fourth-order valence-electron chi connectivity index (χ4n) is 0.320. The van der Waals surface area contributed by atoms with Gasteiger partial charge in [-0.05, 0) is 0 Å². The Morgan fingerprint density at radius 3 is 2.11 bits per heavy atom. The fourth-order valence-corrected chi connectivity index (χ4v) is 0.643. The molecule has 0 saturated carbocycles. The van der Waals surface area contributed by atoms with E-state index in [0.29, 0.717) is 4.31 Å². The standard InChI is InChI=1S/C4H9NO3S/c1-3-4(6)5(2)9(7)8/h9H,3H2,1-2H3. The van der Waals surface area contributed by atoms with Gasteiger partial charge in [-0.3, -0.25) is 4.79 Å². The second kappa shape index (κ2) is 3.45. The molecule has 54 valence electrons. The van der Waals surface area contributed by atoms with Gasteiger partial charge in [0.15, 0.2) is 0 Å². The summed E-state index contributed by atoms with van der Waals surface area (Å²) in [6.07, 6.45) is 0.222. The smallest absolute Gasteiger partial charge is 0.235 e. The van der Waals surface area contributed by atoms with Gasteiger partial charge in [0.05, 0.1) is 0 Å². The summed E-state index contributed by atoms with van der Waals surface area (Å²) in [5.41, 5.74) is 0. The van der Waals surface area contributed by atoms with E-state index in [1.54, 1.807) is 6.92 Å². The molecule has 0 radical (unpaired) electrons. The fraction of sp³-hybridized carbons (Fsp3) is 0.750. The van der Waals surface area contributed by atoms with Gasteiger partial charge in [0.2, 0.25) is 16.8 Å². The topological polar surface area (TPSA) is 54.5 Å². The molecule has 4 nitrogen and oxygen atoms in total. The molecule has 0 saturated heterocycles. The molecule has 0 unspecified atom stereocenters. The van der Waals surface area contributed by atoms with E-state index < -0.39 is 10.9 Å². The van der Waals surface area contributed by atoms with Crippen LogP contribution in [0.25, 0.3) is 0 Å². The van der Waals surface area contributed by atoms with E-state index in [0.717, 1.165) is 0 Å². The lowest BCUT2D eigenvalue weighted by Gasteiger charge is -2.04. The summed E-state index contributed by atoms with van der Waals surface area (Å²) >= 11 is 0. The highest BCUT2D eigenvalue weighted by Crippen LogP contribution is 1.87. The SMILES string of the molecule is CCC(=O)N(C)[SH](=O)=O. The summed E-state index contributed by atoms with van der Waals surface area (Å²) in [6, 6.07) is 0. The third kappa shape index (κ3) is 2.46. The van der Waals surface area contributed by atoms with E-state index in [-0.39, 0.29) is 12.3 Å². The first-order valence-electron chi connectivity index (χ1n) is 2.50. The van der Waals surface area contributed by atoms with Crippen molar-refractivity contribution in [1.29, 1.82) is 0 Å². The molecule has 0 atom stereocenters. The molecule has 0 N–H and O–H groups in total. The maximum Gasteiger partial charge on any atom is 0.235 e. The Kier molecular flexibility index (Phi) is 3.22. The van der Waals surface area contributed by atoms with Crippen LogP contribution in [0.1, 0.15) is 13.3 Å². The van der Waals surface area contributed by atoms with Gasteiger partial charge in [0.1, 0.15) is 0 Å². The Bertz CT molecular complexity index is 167. The van der Waals surface area contributed by atoms with E-state index in [1.165, 1.54) is 7.05 Å². The number of thiol groups is 1. The predicted molar refractivity (Wildman–Crippen MR) is 33.4 cm³/mol. The number of amides is 1. The third-order valence-corrected chi connectivity index (χ3v) is 1.62. The summed E-state index contributed by atoms with van der Waals surface area (Å²) in [5.74, 6) is -0.383. The lowest BCUT2D eigenvalue weighted by atomic mass is 10.5.